The molecule has 2 heterocycles. The number of nitrogens with zero attached hydrogens (tertiary/aromatic N) is 2. The van der Waals surface area contributed by atoms with Gasteiger partial charge >= 0.3 is 0 Å². The van der Waals surface area contributed by atoms with Crippen LogP contribution in [0.2, 0.25) is 0 Å². The summed E-state index contributed by atoms with van der Waals surface area (Å²) in [5, 5.41) is 15.8. The zero-order valence-corrected chi connectivity index (χ0v) is 9.91. The van der Waals surface area contributed by atoms with E-state index >= 15 is 0 Å². The smallest absolute Gasteiger partial charge is 0.254 e. The molecule has 0 bridgehead atoms. The van der Waals surface area contributed by atoms with Gasteiger partial charge in [0.2, 0.25) is 0 Å². The summed E-state index contributed by atoms with van der Waals surface area (Å²) in [6, 6.07) is 1.84. The van der Waals surface area contributed by atoms with Crippen molar-refractivity contribution in [1.82, 2.24) is 4.90 Å². The second-order valence-electron chi connectivity index (χ2n) is 4.01. The fraction of sp³-hybridized carbons (Fsp3) is 0.455. The van der Waals surface area contributed by atoms with Gasteiger partial charge < -0.3 is 10.1 Å². The predicted molar refractivity (Wildman–Crippen MR) is 63.2 cm³/mol. The molecular weight excluding hydrogens is 224 g/mol. The van der Waals surface area contributed by atoms with Crippen LogP contribution >= 0.6 is 11.3 Å². The first kappa shape index (κ1) is 11.1. The third kappa shape index (κ3) is 2.09. The second kappa shape index (κ2) is 4.65. The van der Waals surface area contributed by atoms with E-state index in [0.717, 1.165) is 11.3 Å². The van der Waals surface area contributed by atoms with Gasteiger partial charge in [0.05, 0.1) is 11.3 Å². The maximum atomic E-state index is 12.0. The molecule has 1 aliphatic rings. The number of carbonyl (C=O) groups is 1. The van der Waals surface area contributed by atoms with Crippen LogP contribution in [-0.2, 0) is 0 Å². The highest BCUT2D eigenvalue weighted by Gasteiger charge is 2.26. The third-order valence-corrected chi connectivity index (χ3v) is 3.57. The standard InChI is InChI=1S/C11H14N2O2S/c1-8-6-13(4-2-10(8)12-15)11(14)9-3-5-16-7-9/h3,5,7-8,15H,2,4,6H2,1H3/b12-10+. The van der Waals surface area contributed by atoms with Crippen LogP contribution in [0.4, 0.5) is 0 Å². The van der Waals surface area contributed by atoms with Crippen LogP contribution in [0.1, 0.15) is 23.7 Å². The largest absolute Gasteiger partial charge is 0.411 e. The van der Waals surface area contributed by atoms with Crippen molar-refractivity contribution >= 4 is 23.0 Å². The number of piperidine rings is 1. The van der Waals surface area contributed by atoms with Gasteiger partial charge in [0.15, 0.2) is 0 Å². The van der Waals surface area contributed by atoms with Crippen LogP contribution in [0.5, 0.6) is 0 Å². The molecule has 0 saturated carbocycles. The fourth-order valence-electron chi connectivity index (χ4n) is 1.92. The molecule has 1 saturated heterocycles. The van der Waals surface area contributed by atoms with Crippen molar-refractivity contribution in [3.8, 4) is 0 Å². The summed E-state index contributed by atoms with van der Waals surface area (Å²) in [5.74, 6) is 0.214. The minimum Gasteiger partial charge on any atom is -0.411 e. The lowest BCUT2D eigenvalue weighted by molar-refractivity contribution is 0.0734. The molecule has 0 aliphatic carbocycles. The number of carbonyl (C=O) groups excluding carboxylic acids is 1. The Kier molecular flexibility index (Phi) is 3.24. The quantitative estimate of drug-likeness (QED) is 0.601. The van der Waals surface area contributed by atoms with Gasteiger partial charge in [-0.2, -0.15) is 11.3 Å². The molecule has 1 aromatic heterocycles. The zero-order valence-electron chi connectivity index (χ0n) is 9.09. The second-order valence-corrected chi connectivity index (χ2v) is 4.79. The van der Waals surface area contributed by atoms with E-state index in [1.165, 1.54) is 11.3 Å². The zero-order chi connectivity index (χ0) is 11.5. The van der Waals surface area contributed by atoms with Gasteiger partial charge in [-0.05, 0) is 11.4 Å². The van der Waals surface area contributed by atoms with E-state index in [0.29, 0.717) is 19.5 Å². The molecule has 1 aliphatic heterocycles. The Hall–Kier alpha value is -1.36. The summed E-state index contributed by atoms with van der Waals surface area (Å²) in [4.78, 5) is 13.9. The van der Waals surface area contributed by atoms with Crippen molar-refractivity contribution in [3.05, 3.63) is 22.4 Å². The van der Waals surface area contributed by atoms with Gasteiger partial charge in [0.1, 0.15) is 0 Å². The van der Waals surface area contributed by atoms with Crippen molar-refractivity contribution in [1.29, 1.82) is 0 Å². The molecule has 16 heavy (non-hydrogen) atoms. The highest BCUT2D eigenvalue weighted by atomic mass is 32.1. The van der Waals surface area contributed by atoms with Crippen molar-refractivity contribution in [2.75, 3.05) is 13.1 Å². The van der Waals surface area contributed by atoms with Crippen molar-refractivity contribution in [3.63, 3.8) is 0 Å². The molecule has 1 unspecified atom stereocenters. The van der Waals surface area contributed by atoms with E-state index < -0.39 is 0 Å². The summed E-state index contributed by atoms with van der Waals surface area (Å²) in [6.45, 7) is 3.24. The van der Waals surface area contributed by atoms with Crippen LogP contribution in [0.25, 0.3) is 0 Å². The van der Waals surface area contributed by atoms with E-state index in [4.69, 9.17) is 5.21 Å². The molecule has 1 atom stereocenters. The minimum atomic E-state index is 0.0742. The Balaban J connectivity index is 2.06. The van der Waals surface area contributed by atoms with E-state index in [1.807, 2.05) is 28.7 Å². The number of thiophene rings is 1. The SMILES string of the molecule is CC1CN(C(=O)c2ccsc2)CC/C1=N\O. The van der Waals surface area contributed by atoms with E-state index in [2.05, 4.69) is 5.16 Å². The maximum absolute atomic E-state index is 12.0. The molecule has 1 N–H and O–H groups in total. The molecule has 1 aromatic rings. The Morgan fingerprint density at radius 2 is 2.50 bits per heavy atom. The minimum absolute atomic E-state index is 0.0742. The molecule has 2 rings (SSSR count). The van der Waals surface area contributed by atoms with E-state index in [-0.39, 0.29) is 11.8 Å². The average molecular weight is 238 g/mol. The number of hydrogen-bond donors (Lipinski definition) is 1. The predicted octanol–water partition coefficient (Wildman–Crippen LogP) is 2.06. The summed E-state index contributed by atoms with van der Waals surface area (Å²) in [7, 11) is 0. The number of likely N-dealkylation sites (tertiary alicyclic amines) is 1. The molecule has 86 valence electrons. The van der Waals surface area contributed by atoms with Gasteiger partial charge in [0.25, 0.3) is 5.91 Å². The van der Waals surface area contributed by atoms with Crippen molar-refractivity contribution in [2.45, 2.75) is 13.3 Å². The number of hydrogen-bond acceptors (Lipinski definition) is 4. The monoisotopic (exact) mass is 238 g/mol. The highest BCUT2D eigenvalue weighted by Crippen LogP contribution is 2.17. The van der Waals surface area contributed by atoms with Crippen LogP contribution < -0.4 is 0 Å². The first-order valence-electron chi connectivity index (χ1n) is 5.24. The molecule has 0 aromatic carbocycles. The first-order valence-corrected chi connectivity index (χ1v) is 6.19. The average Bonchev–Trinajstić information content (AvgIpc) is 2.81. The highest BCUT2D eigenvalue weighted by molar-refractivity contribution is 7.08. The van der Waals surface area contributed by atoms with Crippen LogP contribution in [0.15, 0.2) is 22.0 Å². The Morgan fingerprint density at radius 1 is 1.69 bits per heavy atom. The van der Waals surface area contributed by atoms with Crippen LogP contribution in [0.3, 0.4) is 0 Å². The van der Waals surface area contributed by atoms with Gasteiger partial charge in [-0.25, -0.2) is 0 Å². The summed E-state index contributed by atoms with van der Waals surface area (Å²) in [5.41, 5.74) is 1.54. The lowest BCUT2D eigenvalue weighted by atomic mass is 9.97. The Bertz CT molecular complexity index is 400. The topological polar surface area (TPSA) is 52.9 Å². The molecular formula is C11H14N2O2S. The molecule has 0 spiro atoms. The number of rotatable bonds is 1. The van der Waals surface area contributed by atoms with Crippen LogP contribution in [0, 0.1) is 5.92 Å². The van der Waals surface area contributed by atoms with Gasteiger partial charge in [-0.1, -0.05) is 12.1 Å². The molecule has 1 amide bonds. The van der Waals surface area contributed by atoms with Crippen LogP contribution in [-0.4, -0.2) is 34.8 Å². The lowest BCUT2D eigenvalue weighted by Crippen LogP contribution is -2.43. The van der Waals surface area contributed by atoms with Crippen molar-refractivity contribution < 1.29 is 10.0 Å². The molecule has 4 nitrogen and oxygen atoms in total. The summed E-state index contributed by atoms with van der Waals surface area (Å²) < 4.78 is 0. The summed E-state index contributed by atoms with van der Waals surface area (Å²) in [6.07, 6.45) is 0.660. The van der Waals surface area contributed by atoms with E-state index in [1.54, 1.807) is 0 Å². The fourth-order valence-corrected chi connectivity index (χ4v) is 2.55. The number of amides is 1. The third-order valence-electron chi connectivity index (χ3n) is 2.88. The van der Waals surface area contributed by atoms with E-state index in [9.17, 15) is 4.79 Å². The van der Waals surface area contributed by atoms with Gasteiger partial charge in [-0.3, -0.25) is 4.79 Å². The molecule has 0 radical (unpaired) electrons. The molecule has 1 fully saturated rings. The normalized spacial score (nSPS) is 23.7. The Labute approximate surface area is 98.2 Å². The number of oxime groups is 1. The maximum Gasteiger partial charge on any atom is 0.254 e. The summed E-state index contributed by atoms with van der Waals surface area (Å²) >= 11 is 1.53. The van der Waals surface area contributed by atoms with Gasteiger partial charge in [-0.15, -0.1) is 0 Å². The Morgan fingerprint density at radius 3 is 3.06 bits per heavy atom. The lowest BCUT2D eigenvalue weighted by Gasteiger charge is -2.31. The first-order chi connectivity index (χ1) is 7.72. The van der Waals surface area contributed by atoms with Crippen molar-refractivity contribution in [2.24, 2.45) is 11.1 Å². The van der Waals surface area contributed by atoms with Gasteiger partial charge in [0, 0.05) is 30.8 Å². The molecule has 5 heteroatoms.